The van der Waals surface area contributed by atoms with Crippen molar-refractivity contribution in [2.75, 3.05) is 5.75 Å². The van der Waals surface area contributed by atoms with Gasteiger partial charge < -0.3 is 5.11 Å². The number of benzene rings is 2. The summed E-state index contributed by atoms with van der Waals surface area (Å²) in [6.45, 7) is 1.98. The van der Waals surface area contributed by atoms with E-state index in [1.54, 1.807) is 6.07 Å². The van der Waals surface area contributed by atoms with Crippen LogP contribution in [-0.4, -0.2) is 17.0 Å². The van der Waals surface area contributed by atoms with E-state index in [9.17, 15) is 9.50 Å². The molecule has 1 unspecified atom stereocenters. The maximum absolute atomic E-state index is 13.0. The molecule has 0 bridgehead atoms. The Morgan fingerprint density at radius 1 is 1.25 bits per heavy atom. The summed E-state index contributed by atoms with van der Waals surface area (Å²) in [6.07, 6.45) is -0.00926. The van der Waals surface area contributed by atoms with Crippen LogP contribution in [0.1, 0.15) is 11.1 Å². The van der Waals surface area contributed by atoms with Gasteiger partial charge in [0.15, 0.2) is 0 Å². The maximum atomic E-state index is 13.0. The van der Waals surface area contributed by atoms with Gasteiger partial charge in [0.25, 0.3) is 0 Å². The molecular weight excluding hydrogens is 295 g/mol. The number of aliphatic hydroxyl groups is 1. The van der Waals surface area contributed by atoms with Gasteiger partial charge in [0, 0.05) is 22.1 Å². The minimum Gasteiger partial charge on any atom is -0.392 e. The molecule has 2 rings (SSSR count). The van der Waals surface area contributed by atoms with Crippen molar-refractivity contribution in [2.45, 2.75) is 24.3 Å². The second-order valence-corrected chi connectivity index (χ2v) is 6.22. The Bertz CT molecular complexity index is 588. The van der Waals surface area contributed by atoms with Crippen molar-refractivity contribution >= 4 is 23.4 Å². The first-order valence-electron chi connectivity index (χ1n) is 6.36. The summed E-state index contributed by atoms with van der Waals surface area (Å²) in [5.41, 5.74) is 2.03. The quantitative estimate of drug-likeness (QED) is 0.822. The van der Waals surface area contributed by atoms with Crippen LogP contribution in [0.2, 0.25) is 5.02 Å². The van der Waals surface area contributed by atoms with Crippen molar-refractivity contribution in [1.29, 1.82) is 0 Å². The fourth-order valence-electron chi connectivity index (χ4n) is 1.88. The number of rotatable bonds is 5. The Hall–Kier alpha value is -1.03. The van der Waals surface area contributed by atoms with Crippen LogP contribution in [0.15, 0.2) is 47.4 Å². The first-order valence-corrected chi connectivity index (χ1v) is 7.72. The van der Waals surface area contributed by atoms with Crippen molar-refractivity contribution < 1.29 is 9.50 Å². The minimum atomic E-state index is -0.511. The van der Waals surface area contributed by atoms with Crippen molar-refractivity contribution in [2.24, 2.45) is 0 Å². The summed E-state index contributed by atoms with van der Waals surface area (Å²) >= 11 is 7.58. The van der Waals surface area contributed by atoms with Gasteiger partial charge in [-0.25, -0.2) is 4.39 Å². The normalized spacial score (nSPS) is 12.4. The van der Waals surface area contributed by atoms with Gasteiger partial charge in [0.05, 0.1) is 6.10 Å². The molecular formula is C16H16ClFOS. The van der Waals surface area contributed by atoms with E-state index < -0.39 is 6.10 Å². The molecule has 1 atom stereocenters. The van der Waals surface area contributed by atoms with Crippen LogP contribution in [-0.2, 0) is 6.42 Å². The number of halogens is 2. The van der Waals surface area contributed by atoms with E-state index in [0.717, 1.165) is 16.0 Å². The van der Waals surface area contributed by atoms with Crippen molar-refractivity contribution in [3.8, 4) is 0 Å². The molecule has 20 heavy (non-hydrogen) atoms. The number of aryl methyl sites for hydroxylation is 1. The summed E-state index contributed by atoms with van der Waals surface area (Å²) in [5.74, 6) is 0.249. The molecule has 0 fully saturated rings. The zero-order valence-corrected chi connectivity index (χ0v) is 12.7. The lowest BCUT2D eigenvalue weighted by atomic mass is 10.1. The number of thioether (sulfide) groups is 1. The predicted molar refractivity (Wildman–Crippen MR) is 83.0 cm³/mol. The number of hydrogen-bond acceptors (Lipinski definition) is 2. The van der Waals surface area contributed by atoms with Gasteiger partial charge in [0.1, 0.15) is 5.82 Å². The molecule has 106 valence electrons. The minimum absolute atomic E-state index is 0.258. The fraction of sp³-hybridized carbons (Fsp3) is 0.250. The summed E-state index contributed by atoms with van der Waals surface area (Å²) in [7, 11) is 0. The largest absolute Gasteiger partial charge is 0.392 e. The summed E-state index contributed by atoms with van der Waals surface area (Å²) in [6, 6.07) is 12.2. The van der Waals surface area contributed by atoms with Crippen molar-refractivity contribution in [3.63, 3.8) is 0 Å². The lowest BCUT2D eigenvalue weighted by molar-refractivity contribution is 0.200. The van der Waals surface area contributed by atoms with E-state index in [-0.39, 0.29) is 5.82 Å². The average molecular weight is 311 g/mol. The molecule has 1 nitrogen and oxygen atoms in total. The second kappa shape index (κ2) is 7.11. The van der Waals surface area contributed by atoms with Gasteiger partial charge in [-0.2, -0.15) is 0 Å². The summed E-state index contributed by atoms with van der Waals surface area (Å²) in [5, 5.41) is 10.7. The first kappa shape index (κ1) is 15.4. The highest BCUT2D eigenvalue weighted by molar-refractivity contribution is 7.99. The third-order valence-corrected chi connectivity index (χ3v) is 4.39. The molecule has 0 radical (unpaired) electrons. The first-order chi connectivity index (χ1) is 9.54. The highest BCUT2D eigenvalue weighted by atomic mass is 35.5. The van der Waals surface area contributed by atoms with Gasteiger partial charge >= 0.3 is 0 Å². The average Bonchev–Trinajstić information content (AvgIpc) is 2.40. The molecule has 0 aliphatic heterocycles. The van der Waals surface area contributed by atoms with E-state index in [4.69, 9.17) is 11.6 Å². The SMILES string of the molecule is Cc1ccc(CC(O)CSc2cccc(F)c2)c(Cl)c1. The molecule has 0 amide bonds. The van der Waals surface area contributed by atoms with Crippen LogP contribution in [0, 0.1) is 12.7 Å². The fourth-order valence-corrected chi connectivity index (χ4v) is 3.07. The van der Waals surface area contributed by atoms with Crippen LogP contribution >= 0.6 is 23.4 Å². The molecule has 2 aromatic carbocycles. The lowest BCUT2D eigenvalue weighted by Gasteiger charge is -2.12. The molecule has 1 N–H and O–H groups in total. The Balaban J connectivity index is 1.90. The van der Waals surface area contributed by atoms with Gasteiger partial charge in [-0.3, -0.25) is 0 Å². The third-order valence-electron chi connectivity index (χ3n) is 2.90. The molecule has 0 heterocycles. The van der Waals surface area contributed by atoms with Gasteiger partial charge in [-0.05, 0) is 42.3 Å². The van der Waals surface area contributed by atoms with Gasteiger partial charge in [-0.15, -0.1) is 11.8 Å². The Kier molecular flexibility index (Phi) is 5.46. The van der Waals surface area contributed by atoms with E-state index in [1.807, 2.05) is 31.2 Å². The molecule has 0 aliphatic carbocycles. The van der Waals surface area contributed by atoms with E-state index >= 15 is 0 Å². The van der Waals surface area contributed by atoms with Crippen LogP contribution in [0.3, 0.4) is 0 Å². The molecule has 0 saturated carbocycles. The molecule has 0 saturated heterocycles. The maximum Gasteiger partial charge on any atom is 0.124 e. The Labute approximate surface area is 127 Å². The smallest absolute Gasteiger partial charge is 0.124 e. The molecule has 0 aliphatic rings. The summed E-state index contributed by atoms with van der Waals surface area (Å²) in [4.78, 5) is 0.819. The van der Waals surface area contributed by atoms with Crippen LogP contribution in [0.4, 0.5) is 4.39 Å². The van der Waals surface area contributed by atoms with Gasteiger partial charge in [-0.1, -0.05) is 29.8 Å². The van der Waals surface area contributed by atoms with Crippen LogP contribution in [0.5, 0.6) is 0 Å². The van der Waals surface area contributed by atoms with Crippen LogP contribution in [0.25, 0.3) is 0 Å². The zero-order chi connectivity index (χ0) is 14.5. The standard InChI is InChI=1S/C16H16ClFOS/c1-11-5-6-12(16(17)7-11)8-14(19)10-20-15-4-2-3-13(18)9-15/h2-7,9,14,19H,8,10H2,1H3. The highest BCUT2D eigenvalue weighted by Crippen LogP contribution is 2.23. The second-order valence-electron chi connectivity index (χ2n) is 4.72. The number of hydrogen-bond donors (Lipinski definition) is 1. The van der Waals surface area contributed by atoms with E-state index in [0.29, 0.717) is 17.2 Å². The molecule has 4 heteroatoms. The van der Waals surface area contributed by atoms with Crippen LogP contribution < -0.4 is 0 Å². The number of aliphatic hydroxyl groups excluding tert-OH is 1. The molecule has 0 spiro atoms. The van der Waals surface area contributed by atoms with Crippen molar-refractivity contribution in [1.82, 2.24) is 0 Å². The lowest BCUT2D eigenvalue weighted by Crippen LogP contribution is -2.13. The highest BCUT2D eigenvalue weighted by Gasteiger charge is 2.09. The van der Waals surface area contributed by atoms with E-state index in [1.165, 1.54) is 23.9 Å². The van der Waals surface area contributed by atoms with Crippen molar-refractivity contribution in [3.05, 3.63) is 64.4 Å². The predicted octanol–water partition coefficient (Wildman–Crippen LogP) is 4.48. The van der Waals surface area contributed by atoms with Gasteiger partial charge in [0.2, 0.25) is 0 Å². The topological polar surface area (TPSA) is 20.2 Å². The Morgan fingerprint density at radius 2 is 2.05 bits per heavy atom. The Morgan fingerprint density at radius 3 is 2.75 bits per heavy atom. The third kappa shape index (κ3) is 4.51. The molecule has 0 aromatic heterocycles. The van der Waals surface area contributed by atoms with E-state index in [2.05, 4.69) is 0 Å². The zero-order valence-electron chi connectivity index (χ0n) is 11.1. The molecule has 2 aromatic rings. The summed E-state index contributed by atoms with van der Waals surface area (Å²) < 4.78 is 13.0. The monoisotopic (exact) mass is 310 g/mol.